The first-order valence-electron chi connectivity index (χ1n) is 22.5. The van der Waals surface area contributed by atoms with Crippen LogP contribution in [0.25, 0.3) is 0 Å². The van der Waals surface area contributed by atoms with E-state index < -0.39 is 102 Å². The lowest BCUT2D eigenvalue weighted by Crippen LogP contribution is -2.49. The van der Waals surface area contributed by atoms with Crippen LogP contribution in [0, 0.1) is 0 Å². The number of Topliss-reactive ketones (excluding diaryl/α,β-unsaturated/α-hetero) is 1. The first kappa shape index (κ1) is 56.7. The molecule has 1 aromatic carbocycles. The first-order chi connectivity index (χ1) is 32.5. The predicted octanol–water partition coefficient (Wildman–Crippen LogP) is -1.38. The Hall–Kier alpha value is -6.63. The molecule has 24 heteroatoms. The Kier molecular flexibility index (Phi) is 23.0. The number of nitrogens with one attached hydrogen (secondary N) is 3. The van der Waals surface area contributed by atoms with Crippen molar-refractivity contribution in [3.05, 3.63) is 47.5 Å². The highest BCUT2D eigenvalue weighted by molar-refractivity contribution is 6.12. The highest BCUT2D eigenvalue weighted by Gasteiger charge is 2.29. The van der Waals surface area contributed by atoms with Gasteiger partial charge in [-0.05, 0) is 57.7 Å². The van der Waals surface area contributed by atoms with Crippen molar-refractivity contribution >= 4 is 65.2 Å². The van der Waals surface area contributed by atoms with Gasteiger partial charge in [0.25, 0.3) is 17.7 Å². The van der Waals surface area contributed by atoms with Gasteiger partial charge >= 0.3 is 29.8 Å². The third kappa shape index (κ3) is 22.4. The fourth-order valence-electron chi connectivity index (χ4n) is 7.31. The molecule has 380 valence electrons. The molecular weight excluding hydrogens is 909 g/mol. The van der Waals surface area contributed by atoms with Gasteiger partial charge in [-0.2, -0.15) is 0 Å². The monoisotopic (exact) mass is 972 g/mol. The SMILES string of the molecule is CC(C)(C)OC(=O)C[C@H](NC(=O)c1cccc(CNC(=O)CN2CCN(CC(=O)O)CCN(CC(=O)O)CCN(CC(=O)O)CC2)c1)C(=O)CCC(=O)N[C@@H](CCCCN1C(=O)C=CC1=O)C(=O)O. The zero-order valence-corrected chi connectivity index (χ0v) is 39.2. The quantitative estimate of drug-likeness (QED) is 0.0337. The average Bonchev–Trinajstić information content (AvgIpc) is 3.57. The number of imide groups is 1. The zero-order valence-electron chi connectivity index (χ0n) is 39.2. The molecule has 0 saturated carbocycles. The summed E-state index contributed by atoms with van der Waals surface area (Å²) in [5, 5.41) is 45.8. The van der Waals surface area contributed by atoms with Crippen LogP contribution in [0.2, 0.25) is 0 Å². The number of amides is 5. The van der Waals surface area contributed by atoms with Crippen LogP contribution in [0.15, 0.2) is 36.4 Å². The molecule has 2 aliphatic rings. The smallest absolute Gasteiger partial charge is 0.326 e. The first-order valence-corrected chi connectivity index (χ1v) is 22.5. The minimum Gasteiger partial charge on any atom is -0.480 e. The average molecular weight is 973 g/mol. The van der Waals surface area contributed by atoms with Crippen LogP contribution in [-0.4, -0.2) is 213 Å². The zero-order chi connectivity index (χ0) is 51.3. The summed E-state index contributed by atoms with van der Waals surface area (Å²) in [4.78, 5) is 144. The number of aliphatic carboxylic acids is 4. The molecule has 0 bridgehead atoms. The van der Waals surface area contributed by atoms with Crippen LogP contribution in [0.4, 0.5) is 0 Å². The van der Waals surface area contributed by atoms with Gasteiger partial charge in [0.2, 0.25) is 11.8 Å². The fraction of sp³-hybridized carbons (Fsp3) is 0.578. The summed E-state index contributed by atoms with van der Waals surface area (Å²) in [6, 6.07) is 3.28. The highest BCUT2D eigenvalue weighted by Crippen LogP contribution is 2.14. The third-order valence-corrected chi connectivity index (χ3v) is 10.8. The molecule has 2 heterocycles. The van der Waals surface area contributed by atoms with Gasteiger partial charge in [0, 0.05) is 96.0 Å². The Morgan fingerprint density at radius 2 is 1.16 bits per heavy atom. The topological polar surface area (TPSA) is 330 Å². The predicted molar refractivity (Wildman–Crippen MR) is 242 cm³/mol. The maximum atomic E-state index is 13.6. The van der Waals surface area contributed by atoms with Gasteiger partial charge in [-0.25, -0.2) is 4.79 Å². The lowest BCUT2D eigenvalue weighted by atomic mass is 10.0. The number of unbranched alkanes of at least 4 members (excludes halogenated alkanes) is 1. The molecule has 0 radical (unpaired) electrons. The molecule has 69 heavy (non-hydrogen) atoms. The van der Waals surface area contributed by atoms with Crippen molar-refractivity contribution in [1.82, 2.24) is 40.4 Å². The van der Waals surface area contributed by atoms with Crippen molar-refractivity contribution < 1.29 is 77.9 Å². The molecule has 0 aliphatic carbocycles. The minimum atomic E-state index is -1.45. The van der Waals surface area contributed by atoms with Crippen LogP contribution in [-0.2, 0) is 59.2 Å². The fourth-order valence-corrected chi connectivity index (χ4v) is 7.31. The number of nitrogens with zero attached hydrogens (tertiary/aromatic N) is 5. The number of ketones is 1. The molecule has 2 atom stereocenters. The van der Waals surface area contributed by atoms with Crippen molar-refractivity contribution in [3.63, 3.8) is 0 Å². The largest absolute Gasteiger partial charge is 0.480 e. The minimum absolute atomic E-state index is 0.0275. The van der Waals surface area contributed by atoms with Crippen LogP contribution >= 0.6 is 0 Å². The molecule has 24 nitrogen and oxygen atoms in total. The van der Waals surface area contributed by atoms with Gasteiger partial charge in [-0.3, -0.25) is 72.4 Å². The van der Waals surface area contributed by atoms with Crippen molar-refractivity contribution in [2.24, 2.45) is 0 Å². The van der Waals surface area contributed by atoms with Crippen molar-refractivity contribution in [2.75, 3.05) is 85.1 Å². The Bertz CT molecular complexity index is 2020. The normalized spacial score (nSPS) is 16.7. The van der Waals surface area contributed by atoms with Crippen LogP contribution in [0.5, 0.6) is 0 Å². The number of hydrogen-bond donors (Lipinski definition) is 7. The lowest BCUT2D eigenvalue weighted by molar-refractivity contribution is -0.156. The molecule has 2 aliphatic heterocycles. The van der Waals surface area contributed by atoms with Gasteiger partial charge in [0.05, 0.1) is 38.6 Å². The summed E-state index contributed by atoms with van der Waals surface area (Å²) in [6.07, 6.45) is 1.23. The molecular formula is C45H64N8O16. The van der Waals surface area contributed by atoms with E-state index in [4.69, 9.17) is 4.74 Å². The number of ether oxygens (including phenoxy) is 1. The molecule has 7 N–H and O–H groups in total. The number of esters is 1. The number of hydrogen-bond acceptors (Lipinski definition) is 16. The summed E-state index contributed by atoms with van der Waals surface area (Å²) >= 11 is 0. The maximum Gasteiger partial charge on any atom is 0.326 e. The molecule has 0 unspecified atom stereocenters. The van der Waals surface area contributed by atoms with Gasteiger partial charge in [-0.15, -0.1) is 0 Å². The number of carboxylic acid groups (broad SMARTS) is 4. The summed E-state index contributed by atoms with van der Waals surface area (Å²) in [7, 11) is 0. The Labute approximate surface area is 398 Å². The molecule has 0 aromatic heterocycles. The number of carbonyl (C=O) groups is 11. The van der Waals surface area contributed by atoms with Gasteiger partial charge < -0.3 is 41.1 Å². The molecule has 0 spiro atoms. The maximum absolute atomic E-state index is 13.6. The Balaban J connectivity index is 1.64. The van der Waals surface area contributed by atoms with E-state index in [9.17, 15) is 73.2 Å². The summed E-state index contributed by atoms with van der Waals surface area (Å²) in [6.45, 7) is 5.47. The van der Waals surface area contributed by atoms with Gasteiger partial charge in [0.15, 0.2) is 5.78 Å². The third-order valence-electron chi connectivity index (χ3n) is 10.8. The van der Waals surface area contributed by atoms with Crippen LogP contribution in [0.3, 0.4) is 0 Å². The molecule has 1 saturated heterocycles. The summed E-state index contributed by atoms with van der Waals surface area (Å²) in [5.41, 5.74) is -0.401. The standard InChI is InChI=1S/C45H64N8O16/c1-45(2,3)69-42(65)24-33(34(54)10-11-35(55)47-32(44(67)68)9-4-5-14-53-37(57)12-13-38(53)58)48-43(66)31-8-6-7-30(23-31)25-46-36(56)26-49-15-17-50(27-39(59)60)19-21-52(29-41(63)64)22-20-51(18-16-49)28-40(61)62/h6-8,12-13,23,32-33H,4-5,9-11,14-22,24-29H2,1-3H3,(H,46,56)(H,47,55)(H,48,66)(H,59,60)(H,61,62)(H,63,64)(H,67,68)/t32-,33-/m0/s1. The molecule has 1 aromatic rings. The van der Waals surface area contributed by atoms with E-state index in [1.807, 2.05) is 0 Å². The molecule has 5 amide bonds. The van der Waals surface area contributed by atoms with Crippen molar-refractivity contribution in [1.29, 1.82) is 0 Å². The number of carbonyl (C=O) groups excluding carboxylic acids is 7. The Morgan fingerprint density at radius 1 is 0.652 bits per heavy atom. The molecule has 1 fully saturated rings. The summed E-state index contributed by atoms with van der Waals surface area (Å²) in [5.74, 6) is -9.05. The van der Waals surface area contributed by atoms with E-state index in [1.165, 1.54) is 18.2 Å². The van der Waals surface area contributed by atoms with E-state index in [2.05, 4.69) is 16.0 Å². The van der Waals surface area contributed by atoms with E-state index in [-0.39, 0.29) is 116 Å². The highest BCUT2D eigenvalue weighted by atomic mass is 16.6. The van der Waals surface area contributed by atoms with Crippen molar-refractivity contribution in [2.45, 2.75) is 83.5 Å². The van der Waals surface area contributed by atoms with Crippen LogP contribution < -0.4 is 16.0 Å². The van der Waals surface area contributed by atoms with Crippen LogP contribution in [0.1, 0.15) is 75.2 Å². The second-order valence-corrected chi connectivity index (χ2v) is 17.7. The van der Waals surface area contributed by atoms with Gasteiger partial charge in [-0.1, -0.05) is 12.1 Å². The Morgan fingerprint density at radius 3 is 1.64 bits per heavy atom. The van der Waals surface area contributed by atoms with Gasteiger partial charge in [0.1, 0.15) is 11.6 Å². The second-order valence-electron chi connectivity index (χ2n) is 17.7. The number of carboxylic acids is 4. The van der Waals surface area contributed by atoms with E-state index in [1.54, 1.807) is 46.4 Å². The number of benzene rings is 1. The number of rotatable bonds is 25. The van der Waals surface area contributed by atoms with Crippen molar-refractivity contribution in [3.8, 4) is 0 Å². The van der Waals surface area contributed by atoms with E-state index in [0.717, 1.165) is 17.1 Å². The molecule has 3 rings (SSSR count). The lowest BCUT2D eigenvalue weighted by Gasteiger charge is -2.32. The van der Waals surface area contributed by atoms with E-state index >= 15 is 0 Å². The summed E-state index contributed by atoms with van der Waals surface area (Å²) < 4.78 is 5.37. The second kappa shape index (κ2) is 28.0. The van der Waals surface area contributed by atoms with E-state index in [0.29, 0.717) is 5.56 Å².